The molecule has 0 radical (unpaired) electrons. The first-order valence-corrected chi connectivity index (χ1v) is 18.5. The van der Waals surface area contributed by atoms with Crippen LogP contribution in [0.25, 0.3) is 6.08 Å². The Morgan fingerprint density at radius 1 is 0.865 bits per heavy atom. The highest BCUT2D eigenvalue weighted by atomic mass is 35.5. The third-order valence-electron chi connectivity index (χ3n) is 8.00. The van der Waals surface area contributed by atoms with E-state index in [1.807, 2.05) is 6.92 Å². The van der Waals surface area contributed by atoms with Crippen molar-refractivity contribution in [1.29, 1.82) is 0 Å². The zero-order chi connectivity index (χ0) is 38.2. The number of unbranched alkanes of at least 4 members (excludes halogenated alkanes) is 2. The maximum absolute atomic E-state index is 13.7. The first-order chi connectivity index (χ1) is 24.8. The number of nitrogens with two attached hydrogens (primary N) is 4. The summed E-state index contributed by atoms with van der Waals surface area (Å²) in [5.74, 6) is -2.76. The molecule has 3 rings (SSSR count). The zero-order valence-corrected chi connectivity index (χ0v) is 31.3. The highest BCUT2D eigenvalue weighted by Gasteiger charge is 2.33. The molecule has 1 saturated heterocycles. The minimum atomic E-state index is -1.06. The Bertz CT molecular complexity index is 1650. The predicted octanol–water partition coefficient (Wildman–Crippen LogP) is 2.67. The van der Waals surface area contributed by atoms with Crippen LogP contribution in [0.1, 0.15) is 74.2 Å². The van der Waals surface area contributed by atoms with Crippen LogP contribution in [0.5, 0.6) is 0 Å². The molecule has 1 aliphatic heterocycles. The van der Waals surface area contributed by atoms with Crippen molar-refractivity contribution in [3.8, 4) is 0 Å². The molecular formula is C35H46ClN9O5S2. The molecule has 2 aromatic rings. The molecule has 3 atom stereocenters. The third kappa shape index (κ3) is 12.9. The lowest BCUT2D eigenvalue weighted by atomic mass is 10.0. The minimum Gasteiger partial charge on any atom is -0.370 e. The number of hydrogen-bond donors (Lipinski definition) is 7. The van der Waals surface area contributed by atoms with Crippen molar-refractivity contribution in [2.45, 2.75) is 76.4 Å². The molecule has 1 aliphatic rings. The highest BCUT2D eigenvalue weighted by molar-refractivity contribution is 8.27. The van der Waals surface area contributed by atoms with Crippen LogP contribution in [0.2, 0.25) is 5.02 Å². The van der Waals surface area contributed by atoms with E-state index in [-0.39, 0.29) is 36.8 Å². The van der Waals surface area contributed by atoms with Gasteiger partial charge >= 0.3 is 0 Å². The average molecular weight is 772 g/mol. The number of carbonyl (C=O) groups excluding carboxylic acids is 5. The number of primary amides is 1. The Hall–Kier alpha value is -4.51. The fourth-order valence-electron chi connectivity index (χ4n) is 5.18. The van der Waals surface area contributed by atoms with Gasteiger partial charge in [0.25, 0.3) is 11.8 Å². The monoisotopic (exact) mass is 771 g/mol. The van der Waals surface area contributed by atoms with Crippen molar-refractivity contribution in [2.24, 2.45) is 27.9 Å². The van der Waals surface area contributed by atoms with Crippen LogP contribution in [-0.2, 0) is 19.2 Å². The summed E-state index contributed by atoms with van der Waals surface area (Å²) in [4.78, 5) is 71.4. The maximum Gasteiger partial charge on any atom is 0.270 e. The van der Waals surface area contributed by atoms with Gasteiger partial charge in [-0.25, -0.2) is 0 Å². The number of thiocarbonyl (C=S) groups is 1. The van der Waals surface area contributed by atoms with E-state index in [9.17, 15) is 24.0 Å². The quantitative estimate of drug-likeness (QED) is 0.0341. The SMILES string of the molecule is CCCC[C@H](NC(=O)[C@H](CCCCN)NC(=O)[C@H](CCCN=C(N)N)NC(=O)c1ccc(/C=C2\SC(=S)N(c3ccc(Cl)cc3)C2=O)cc1)C(N)=O. The molecule has 0 bridgehead atoms. The second kappa shape index (κ2) is 21.1. The second-order valence-electron chi connectivity index (χ2n) is 12.0. The number of halogens is 1. The molecule has 1 heterocycles. The molecule has 1 fully saturated rings. The average Bonchev–Trinajstić information content (AvgIpc) is 3.39. The van der Waals surface area contributed by atoms with Gasteiger partial charge in [-0.15, -0.1) is 0 Å². The van der Waals surface area contributed by atoms with Crippen LogP contribution in [0.4, 0.5) is 5.69 Å². The maximum atomic E-state index is 13.7. The van der Waals surface area contributed by atoms with Crippen molar-refractivity contribution in [3.05, 3.63) is 69.6 Å². The predicted molar refractivity (Wildman–Crippen MR) is 210 cm³/mol. The lowest BCUT2D eigenvalue weighted by Crippen LogP contribution is -2.56. The van der Waals surface area contributed by atoms with E-state index in [1.54, 1.807) is 54.6 Å². The number of thioether (sulfide) groups is 1. The fraction of sp³-hybridized carbons (Fsp3) is 0.400. The van der Waals surface area contributed by atoms with Gasteiger partial charge in [-0.1, -0.05) is 67.5 Å². The summed E-state index contributed by atoms with van der Waals surface area (Å²) in [5, 5.41) is 8.71. The Labute approximate surface area is 317 Å². The van der Waals surface area contributed by atoms with E-state index in [1.165, 1.54) is 4.90 Å². The number of nitrogens with zero attached hydrogens (tertiary/aromatic N) is 2. The molecule has 14 nitrogen and oxygen atoms in total. The van der Waals surface area contributed by atoms with Crippen LogP contribution < -0.4 is 43.8 Å². The van der Waals surface area contributed by atoms with Crippen molar-refractivity contribution in [2.75, 3.05) is 18.0 Å². The van der Waals surface area contributed by atoms with Crippen LogP contribution in [0.15, 0.2) is 58.4 Å². The fourth-order valence-corrected chi connectivity index (χ4v) is 6.60. The van der Waals surface area contributed by atoms with Crippen molar-refractivity contribution in [1.82, 2.24) is 16.0 Å². The standard InChI is InChI=1S/C35H46ClN9O5S2/c1-2-3-7-25(29(38)46)42-31(48)26(8-4-5-18-37)44-32(49)27(9-6-19-41-34(39)40)43-30(47)22-12-10-21(11-13-22)20-28-33(50)45(35(51)52-28)24-16-14-23(36)15-17-24/h10-17,20,25-27H,2-9,18-19,37H2,1H3,(H2,38,46)(H,42,48)(H,43,47)(H,44,49)(H4,39,40,41)/b28-20-/t25-,26-,27-/m0/s1. The molecule has 0 saturated carbocycles. The Kier molecular flexibility index (Phi) is 17.0. The van der Waals surface area contributed by atoms with E-state index in [0.717, 1.165) is 18.2 Å². The van der Waals surface area contributed by atoms with Gasteiger partial charge in [0.15, 0.2) is 10.3 Å². The van der Waals surface area contributed by atoms with E-state index in [4.69, 9.17) is 46.8 Å². The van der Waals surface area contributed by atoms with Gasteiger partial charge in [-0.2, -0.15) is 0 Å². The van der Waals surface area contributed by atoms with Gasteiger partial charge in [0.1, 0.15) is 18.1 Å². The normalized spacial score (nSPS) is 15.1. The largest absolute Gasteiger partial charge is 0.370 e. The van der Waals surface area contributed by atoms with Crippen LogP contribution in [-0.4, -0.2) is 71.0 Å². The van der Waals surface area contributed by atoms with E-state index in [0.29, 0.717) is 64.1 Å². The topological polar surface area (TPSA) is 241 Å². The molecule has 0 unspecified atom stereocenters. The first kappa shape index (κ1) is 41.9. The van der Waals surface area contributed by atoms with Crippen molar-refractivity contribution in [3.63, 3.8) is 0 Å². The summed E-state index contributed by atoms with van der Waals surface area (Å²) >= 11 is 12.6. The van der Waals surface area contributed by atoms with Gasteiger partial charge in [0, 0.05) is 17.1 Å². The Balaban J connectivity index is 1.75. The number of carbonyl (C=O) groups is 5. The number of nitrogens with one attached hydrogen (secondary N) is 3. The Morgan fingerprint density at radius 2 is 1.46 bits per heavy atom. The molecule has 2 aromatic carbocycles. The summed E-state index contributed by atoms with van der Waals surface area (Å²) in [5.41, 5.74) is 23.6. The molecule has 0 aliphatic carbocycles. The molecule has 0 spiro atoms. The van der Waals surface area contributed by atoms with Gasteiger partial charge in [-0.3, -0.25) is 33.9 Å². The zero-order valence-electron chi connectivity index (χ0n) is 28.9. The summed E-state index contributed by atoms with van der Waals surface area (Å²) in [6, 6.07) is 10.3. The second-order valence-corrected chi connectivity index (χ2v) is 14.2. The lowest BCUT2D eigenvalue weighted by Gasteiger charge is -2.25. The van der Waals surface area contributed by atoms with Crippen LogP contribution >= 0.6 is 35.6 Å². The summed E-state index contributed by atoms with van der Waals surface area (Å²) < 4.78 is 0.377. The van der Waals surface area contributed by atoms with Crippen molar-refractivity contribution < 1.29 is 24.0 Å². The van der Waals surface area contributed by atoms with Gasteiger partial charge in [-0.05, 0) is 93.1 Å². The summed E-state index contributed by atoms with van der Waals surface area (Å²) in [6.07, 6.45) is 5.41. The van der Waals surface area contributed by atoms with Gasteiger partial charge in [0.2, 0.25) is 17.7 Å². The molecule has 280 valence electrons. The molecule has 52 heavy (non-hydrogen) atoms. The number of rotatable bonds is 20. The van der Waals surface area contributed by atoms with E-state index in [2.05, 4.69) is 20.9 Å². The van der Waals surface area contributed by atoms with Crippen LogP contribution in [0.3, 0.4) is 0 Å². The molecule has 11 N–H and O–H groups in total. The number of amides is 5. The molecule has 17 heteroatoms. The van der Waals surface area contributed by atoms with Gasteiger partial charge in [0.05, 0.1) is 10.6 Å². The molecular weight excluding hydrogens is 726 g/mol. The number of hydrogen-bond acceptors (Lipinski definition) is 9. The number of guanidine groups is 1. The van der Waals surface area contributed by atoms with Crippen molar-refractivity contribution >= 4 is 87.2 Å². The molecule has 0 aromatic heterocycles. The van der Waals surface area contributed by atoms with Crippen LogP contribution in [0, 0.1) is 0 Å². The third-order valence-corrected chi connectivity index (χ3v) is 9.56. The van der Waals surface area contributed by atoms with E-state index >= 15 is 0 Å². The minimum absolute atomic E-state index is 0.110. The number of aliphatic imine (C=N–C) groups is 1. The number of anilines is 1. The molecule has 5 amide bonds. The first-order valence-electron chi connectivity index (χ1n) is 16.9. The smallest absolute Gasteiger partial charge is 0.270 e. The summed E-state index contributed by atoms with van der Waals surface area (Å²) in [7, 11) is 0. The van der Waals surface area contributed by atoms with E-state index < -0.39 is 41.8 Å². The lowest BCUT2D eigenvalue weighted by molar-refractivity contribution is -0.132. The summed E-state index contributed by atoms with van der Waals surface area (Å²) in [6.45, 7) is 2.56. The van der Waals surface area contributed by atoms with Gasteiger partial charge < -0.3 is 38.9 Å². The number of benzene rings is 2. The highest BCUT2D eigenvalue weighted by Crippen LogP contribution is 2.36. The Morgan fingerprint density at radius 3 is 2.06 bits per heavy atom.